The molecule has 0 radical (unpaired) electrons. The first-order valence-corrected chi connectivity index (χ1v) is 6.10. The largest absolute Gasteiger partial charge is 0.0836 e. The van der Waals surface area contributed by atoms with Gasteiger partial charge in [-0.05, 0) is 12.0 Å². The molecule has 0 saturated heterocycles. The van der Waals surface area contributed by atoms with Crippen molar-refractivity contribution >= 4 is 0 Å². The molecule has 0 nitrogen and oxygen atoms in total. The molecule has 15 heavy (non-hydrogen) atoms. The molecule has 0 aliphatic heterocycles. The van der Waals surface area contributed by atoms with Crippen LogP contribution in [-0.2, 0) is 0 Å². The van der Waals surface area contributed by atoms with Crippen molar-refractivity contribution < 1.29 is 0 Å². The number of hydrogen-bond acceptors (Lipinski definition) is 0. The lowest BCUT2D eigenvalue weighted by Gasteiger charge is -2.16. The molecule has 0 bridgehead atoms. The van der Waals surface area contributed by atoms with Gasteiger partial charge < -0.3 is 0 Å². The van der Waals surface area contributed by atoms with Gasteiger partial charge in [0, 0.05) is 5.92 Å². The van der Waals surface area contributed by atoms with Crippen LogP contribution in [0.3, 0.4) is 0 Å². The van der Waals surface area contributed by atoms with Crippen LogP contribution in [-0.4, -0.2) is 0 Å². The Kier molecular flexibility index (Phi) is 8.85. The topological polar surface area (TPSA) is 0 Å². The molecular formula is C15H24. The molecule has 0 aromatic carbocycles. The van der Waals surface area contributed by atoms with Gasteiger partial charge in [-0.1, -0.05) is 76.6 Å². The minimum atomic E-state index is 0.662. The first kappa shape index (κ1) is 14.0. The summed E-state index contributed by atoms with van der Waals surface area (Å²) in [5.41, 5.74) is 1.45. The second-order valence-corrected chi connectivity index (χ2v) is 3.39. The fourth-order valence-electron chi connectivity index (χ4n) is 1.40. The van der Waals surface area contributed by atoms with Crippen molar-refractivity contribution in [1.82, 2.24) is 0 Å². The van der Waals surface area contributed by atoms with Crippen molar-refractivity contribution in [3.63, 3.8) is 0 Å². The maximum atomic E-state index is 2.26. The molecule has 84 valence electrons. The Labute approximate surface area is 95.1 Å². The highest BCUT2D eigenvalue weighted by molar-refractivity contribution is 5.38. The second-order valence-electron chi connectivity index (χ2n) is 3.39. The molecule has 2 aliphatic carbocycles. The van der Waals surface area contributed by atoms with Gasteiger partial charge in [0.2, 0.25) is 0 Å². The minimum absolute atomic E-state index is 0.662. The van der Waals surface area contributed by atoms with E-state index < -0.39 is 0 Å². The van der Waals surface area contributed by atoms with Crippen LogP contribution < -0.4 is 0 Å². The fraction of sp³-hybridized carbons (Fsp3) is 0.467. The zero-order valence-corrected chi connectivity index (χ0v) is 10.5. The van der Waals surface area contributed by atoms with Crippen LogP contribution in [0.5, 0.6) is 0 Å². The van der Waals surface area contributed by atoms with E-state index in [1.54, 1.807) is 0 Å². The normalized spacial score (nSPS) is 20.3. The highest BCUT2D eigenvalue weighted by Crippen LogP contribution is 2.25. The predicted molar refractivity (Wildman–Crippen MR) is 70.9 cm³/mol. The summed E-state index contributed by atoms with van der Waals surface area (Å²) in [5, 5.41) is 0. The van der Waals surface area contributed by atoms with Crippen LogP contribution in [0.2, 0.25) is 0 Å². The Bertz CT molecular complexity index is 251. The molecule has 0 N–H and O–H groups in total. The van der Waals surface area contributed by atoms with E-state index in [0.29, 0.717) is 5.92 Å². The molecule has 1 unspecified atom stereocenters. The molecule has 0 spiro atoms. The first-order chi connectivity index (χ1) is 7.38. The van der Waals surface area contributed by atoms with Crippen LogP contribution >= 0.6 is 0 Å². The lowest BCUT2D eigenvalue weighted by Crippen LogP contribution is -2.02. The molecule has 2 aliphatic rings. The molecule has 0 saturated carbocycles. The fourth-order valence-corrected chi connectivity index (χ4v) is 1.40. The van der Waals surface area contributed by atoms with Gasteiger partial charge in [-0.2, -0.15) is 0 Å². The van der Waals surface area contributed by atoms with Gasteiger partial charge in [-0.25, -0.2) is 0 Å². The summed E-state index contributed by atoms with van der Waals surface area (Å²) >= 11 is 0. The van der Waals surface area contributed by atoms with E-state index in [1.807, 2.05) is 13.8 Å². The van der Waals surface area contributed by atoms with Crippen molar-refractivity contribution in [2.24, 2.45) is 5.92 Å². The maximum Gasteiger partial charge on any atom is 0.00557 e. The van der Waals surface area contributed by atoms with E-state index in [4.69, 9.17) is 0 Å². The van der Waals surface area contributed by atoms with Crippen molar-refractivity contribution in [3.05, 3.63) is 48.1 Å². The molecular weight excluding hydrogens is 180 g/mol. The van der Waals surface area contributed by atoms with Gasteiger partial charge in [-0.3, -0.25) is 0 Å². The average Bonchev–Trinajstić information content (AvgIpc) is 2.33. The summed E-state index contributed by atoms with van der Waals surface area (Å²) in [6.07, 6.45) is 17.6. The van der Waals surface area contributed by atoms with Gasteiger partial charge in [-0.15, -0.1) is 0 Å². The molecule has 0 heterocycles. The zero-order chi connectivity index (χ0) is 11.5. The van der Waals surface area contributed by atoms with E-state index in [0.717, 1.165) is 0 Å². The molecule has 0 aromatic heterocycles. The van der Waals surface area contributed by atoms with Crippen molar-refractivity contribution in [2.75, 3.05) is 0 Å². The van der Waals surface area contributed by atoms with Crippen molar-refractivity contribution in [2.45, 2.75) is 40.5 Å². The van der Waals surface area contributed by atoms with E-state index in [9.17, 15) is 0 Å². The Hall–Kier alpha value is -1.04. The number of fused-ring (bicyclic) bond motifs is 1. The van der Waals surface area contributed by atoms with Crippen molar-refractivity contribution in [3.8, 4) is 0 Å². The smallest absolute Gasteiger partial charge is 0.00557 e. The summed E-state index contributed by atoms with van der Waals surface area (Å²) in [6, 6.07) is 0. The average molecular weight is 204 g/mol. The van der Waals surface area contributed by atoms with E-state index >= 15 is 0 Å². The summed E-state index contributed by atoms with van der Waals surface area (Å²) in [4.78, 5) is 0. The Morgan fingerprint density at radius 1 is 1.13 bits per heavy atom. The Balaban J connectivity index is 0.000000342. The van der Waals surface area contributed by atoms with Gasteiger partial charge in [0.15, 0.2) is 0 Å². The van der Waals surface area contributed by atoms with Gasteiger partial charge in [0.25, 0.3) is 0 Å². The Morgan fingerprint density at radius 2 is 1.80 bits per heavy atom. The highest BCUT2D eigenvalue weighted by atomic mass is 14.1. The van der Waals surface area contributed by atoms with Gasteiger partial charge in [0.05, 0.1) is 0 Å². The summed E-state index contributed by atoms with van der Waals surface area (Å²) in [7, 11) is 0. The standard InChI is InChI=1S/C10H10.C3H8.C2H6/c1-2-6-10-8-4-3-7-9(10)5-1;1-3-2;1-2/h1-7,10H,8H2;3H2,1-2H3;1-2H3. The van der Waals surface area contributed by atoms with Gasteiger partial charge in [0.1, 0.15) is 0 Å². The summed E-state index contributed by atoms with van der Waals surface area (Å²) in [5.74, 6) is 0.662. The predicted octanol–water partition coefficient (Wildman–Crippen LogP) is 5.06. The van der Waals surface area contributed by atoms with Crippen LogP contribution in [0.4, 0.5) is 0 Å². The lowest BCUT2D eigenvalue weighted by molar-refractivity contribution is 0.780. The number of hydrogen-bond donors (Lipinski definition) is 0. The van der Waals surface area contributed by atoms with Crippen molar-refractivity contribution in [1.29, 1.82) is 0 Å². The summed E-state index contributed by atoms with van der Waals surface area (Å²) < 4.78 is 0. The third kappa shape index (κ3) is 5.41. The third-order valence-corrected chi connectivity index (χ3v) is 1.99. The molecule has 0 fully saturated rings. The molecule has 0 heteroatoms. The molecule has 0 aromatic rings. The summed E-state index contributed by atoms with van der Waals surface area (Å²) in [6.45, 7) is 8.25. The molecule has 0 amide bonds. The van der Waals surface area contributed by atoms with E-state index in [2.05, 4.69) is 56.4 Å². The van der Waals surface area contributed by atoms with E-state index in [-0.39, 0.29) is 0 Å². The minimum Gasteiger partial charge on any atom is -0.0836 e. The monoisotopic (exact) mass is 204 g/mol. The maximum absolute atomic E-state index is 2.26. The van der Waals surface area contributed by atoms with Crippen LogP contribution in [0.1, 0.15) is 40.5 Å². The second kappa shape index (κ2) is 9.51. The highest BCUT2D eigenvalue weighted by Gasteiger charge is 2.10. The number of rotatable bonds is 0. The van der Waals surface area contributed by atoms with Crippen LogP contribution in [0, 0.1) is 5.92 Å². The number of allylic oxidation sites excluding steroid dienone is 8. The Morgan fingerprint density at radius 3 is 2.40 bits per heavy atom. The van der Waals surface area contributed by atoms with Gasteiger partial charge >= 0.3 is 0 Å². The van der Waals surface area contributed by atoms with E-state index in [1.165, 1.54) is 18.4 Å². The SMILES string of the molecule is C1=CCC2C=CC=CC2=C1.CC.CCC. The lowest BCUT2D eigenvalue weighted by atomic mass is 9.88. The zero-order valence-electron chi connectivity index (χ0n) is 10.5. The molecule has 2 rings (SSSR count). The third-order valence-electron chi connectivity index (χ3n) is 1.99. The molecule has 1 atom stereocenters. The quantitative estimate of drug-likeness (QED) is 0.517. The van der Waals surface area contributed by atoms with Crippen LogP contribution in [0.25, 0.3) is 0 Å². The first-order valence-electron chi connectivity index (χ1n) is 6.10. The van der Waals surface area contributed by atoms with Crippen LogP contribution in [0.15, 0.2) is 48.1 Å².